The maximum Gasteiger partial charge on any atom is 0.410 e. The van der Waals surface area contributed by atoms with Crippen molar-refractivity contribution in [2.24, 2.45) is 5.10 Å². The number of likely N-dealkylation sites (tertiary alicyclic amines) is 1. The Morgan fingerprint density at radius 1 is 0.860 bits per heavy atom. The van der Waals surface area contributed by atoms with Gasteiger partial charge in [-0.3, -0.25) is 10.2 Å². The Morgan fingerprint density at radius 3 is 2.26 bits per heavy atom. The minimum atomic E-state index is -0.811. The standard InChI is InChI=1S/C37H44N8O5/c1-2-38-41-30-14-12-27(13-15-30)24-33(34(46)42-20-22-44(23-21-42)37(49)50-26-28-8-4-3-5-9-28)40-35(47)43-18-16-31(17-19-43)45-25-29-10-6-7-11-32(29)39-36(45)48/h2-15,31,33,41H,16-26H2,1H3,(H,39,48)(H,40,47)/b38-2-. The van der Waals surface area contributed by atoms with Crippen LogP contribution in [-0.4, -0.2) is 101 Å². The van der Waals surface area contributed by atoms with Gasteiger partial charge in [-0.25, -0.2) is 14.4 Å². The highest BCUT2D eigenvalue weighted by Gasteiger charge is 2.35. The van der Waals surface area contributed by atoms with E-state index in [1.54, 1.807) is 20.9 Å². The molecule has 0 aromatic heterocycles. The number of hydrazone groups is 1. The molecule has 3 aromatic carbocycles. The Morgan fingerprint density at radius 2 is 1.54 bits per heavy atom. The zero-order valence-electron chi connectivity index (χ0n) is 28.3. The molecule has 3 heterocycles. The zero-order valence-corrected chi connectivity index (χ0v) is 28.3. The van der Waals surface area contributed by atoms with Gasteiger partial charge in [0.15, 0.2) is 0 Å². The van der Waals surface area contributed by atoms with E-state index < -0.39 is 12.1 Å². The number of hydrogen-bond donors (Lipinski definition) is 3. The van der Waals surface area contributed by atoms with Gasteiger partial charge in [-0.15, -0.1) is 0 Å². The fourth-order valence-electron chi connectivity index (χ4n) is 6.57. The molecule has 262 valence electrons. The molecule has 6 rings (SSSR count). The van der Waals surface area contributed by atoms with E-state index in [1.807, 2.05) is 90.7 Å². The molecule has 0 aliphatic carbocycles. The molecule has 6 amide bonds. The number of amides is 6. The fraction of sp³-hybridized carbons (Fsp3) is 0.378. The van der Waals surface area contributed by atoms with Crippen LogP contribution in [0.3, 0.4) is 0 Å². The van der Waals surface area contributed by atoms with E-state index in [4.69, 9.17) is 4.74 Å². The smallest absolute Gasteiger partial charge is 0.410 e. The van der Waals surface area contributed by atoms with Gasteiger partial charge in [-0.2, -0.15) is 5.10 Å². The quantitative estimate of drug-likeness (QED) is 0.221. The van der Waals surface area contributed by atoms with Gasteiger partial charge in [0.1, 0.15) is 12.6 Å². The number of fused-ring (bicyclic) bond motifs is 1. The number of ether oxygens (including phenoxy) is 1. The second-order valence-corrected chi connectivity index (χ2v) is 12.7. The average molecular weight is 681 g/mol. The molecule has 1 atom stereocenters. The fourth-order valence-corrected chi connectivity index (χ4v) is 6.57. The lowest BCUT2D eigenvalue weighted by molar-refractivity contribution is -0.134. The number of urea groups is 2. The van der Waals surface area contributed by atoms with E-state index in [0.29, 0.717) is 65.1 Å². The van der Waals surface area contributed by atoms with E-state index in [-0.39, 0.29) is 30.6 Å². The Labute approximate surface area is 292 Å². The summed E-state index contributed by atoms with van der Waals surface area (Å²) in [6, 6.07) is 23.6. The summed E-state index contributed by atoms with van der Waals surface area (Å²) in [5.74, 6) is -0.202. The summed E-state index contributed by atoms with van der Waals surface area (Å²) in [7, 11) is 0. The summed E-state index contributed by atoms with van der Waals surface area (Å²) in [6.07, 6.45) is 2.81. The first-order valence-electron chi connectivity index (χ1n) is 17.2. The van der Waals surface area contributed by atoms with Crippen LogP contribution in [0.15, 0.2) is 84.0 Å². The van der Waals surface area contributed by atoms with Gasteiger partial charge >= 0.3 is 18.2 Å². The van der Waals surface area contributed by atoms with E-state index in [1.165, 1.54) is 0 Å². The van der Waals surface area contributed by atoms with E-state index in [9.17, 15) is 19.2 Å². The van der Waals surface area contributed by atoms with Crippen LogP contribution in [0.5, 0.6) is 0 Å². The number of hydrogen-bond acceptors (Lipinski definition) is 7. The number of piperazine rings is 1. The van der Waals surface area contributed by atoms with Crippen LogP contribution in [0.4, 0.5) is 25.8 Å². The maximum absolute atomic E-state index is 14.0. The predicted octanol–water partition coefficient (Wildman–Crippen LogP) is 4.72. The van der Waals surface area contributed by atoms with Gasteiger partial charge in [-0.05, 0) is 54.7 Å². The number of piperidine rings is 1. The SMILES string of the molecule is C/C=N\Nc1ccc(CC(NC(=O)N2CCC(N3Cc4ccccc4NC3=O)CC2)C(=O)N2CCN(C(=O)OCc3ccccc3)CC2)cc1. The highest BCUT2D eigenvalue weighted by Crippen LogP contribution is 2.27. The molecular weight excluding hydrogens is 636 g/mol. The normalized spacial score (nSPS) is 17.2. The zero-order chi connectivity index (χ0) is 34.9. The molecule has 0 spiro atoms. The van der Waals surface area contributed by atoms with Gasteiger partial charge in [0.2, 0.25) is 5.91 Å². The molecule has 13 nitrogen and oxygen atoms in total. The van der Waals surface area contributed by atoms with Crippen LogP contribution in [0, 0.1) is 0 Å². The van der Waals surface area contributed by atoms with Gasteiger partial charge in [-0.1, -0.05) is 60.7 Å². The maximum atomic E-state index is 14.0. The number of carbonyl (C=O) groups is 4. The monoisotopic (exact) mass is 680 g/mol. The molecule has 3 N–H and O–H groups in total. The first kappa shape index (κ1) is 34.3. The highest BCUT2D eigenvalue weighted by molar-refractivity contribution is 5.92. The molecule has 3 aromatic rings. The van der Waals surface area contributed by atoms with Crippen molar-refractivity contribution in [1.29, 1.82) is 0 Å². The molecule has 0 saturated carbocycles. The molecular formula is C37H44N8O5. The number of anilines is 2. The Hall–Kier alpha value is -5.59. The van der Waals surface area contributed by atoms with Crippen molar-refractivity contribution in [2.75, 3.05) is 50.0 Å². The highest BCUT2D eigenvalue weighted by atomic mass is 16.6. The summed E-state index contributed by atoms with van der Waals surface area (Å²) in [4.78, 5) is 60.1. The number of para-hydroxylation sites is 1. The van der Waals surface area contributed by atoms with E-state index in [0.717, 1.165) is 28.1 Å². The largest absolute Gasteiger partial charge is 0.445 e. The van der Waals surface area contributed by atoms with Crippen LogP contribution in [0.2, 0.25) is 0 Å². The minimum Gasteiger partial charge on any atom is -0.445 e. The summed E-state index contributed by atoms with van der Waals surface area (Å²) in [5.41, 5.74) is 7.44. The lowest BCUT2D eigenvalue weighted by Crippen LogP contribution is -2.58. The van der Waals surface area contributed by atoms with Crippen molar-refractivity contribution >= 4 is 41.7 Å². The molecule has 3 aliphatic heterocycles. The third-order valence-electron chi connectivity index (χ3n) is 9.42. The Bertz CT molecular complexity index is 1670. The Kier molecular flexibility index (Phi) is 11.1. The van der Waals surface area contributed by atoms with Gasteiger partial charge < -0.3 is 35.0 Å². The van der Waals surface area contributed by atoms with Crippen molar-refractivity contribution in [3.8, 4) is 0 Å². The second-order valence-electron chi connectivity index (χ2n) is 12.7. The van der Waals surface area contributed by atoms with Crippen LogP contribution in [0.1, 0.15) is 36.5 Å². The van der Waals surface area contributed by atoms with Crippen molar-refractivity contribution in [3.05, 3.63) is 95.6 Å². The molecule has 13 heteroatoms. The molecule has 2 saturated heterocycles. The molecule has 0 radical (unpaired) electrons. The van der Waals surface area contributed by atoms with Crippen LogP contribution in [-0.2, 0) is 29.1 Å². The van der Waals surface area contributed by atoms with E-state index in [2.05, 4.69) is 21.2 Å². The third kappa shape index (κ3) is 8.52. The molecule has 2 fully saturated rings. The number of nitrogens with zero attached hydrogens (tertiary/aromatic N) is 5. The van der Waals surface area contributed by atoms with Crippen LogP contribution in [0.25, 0.3) is 0 Å². The number of carbonyl (C=O) groups excluding carboxylic acids is 4. The van der Waals surface area contributed by atoms with Gasteiger partial charge in [0.05, 0.1) is 5.69 Å². The van der Waals surface area contributed by atoms with Crippen molar-refractivity contribution in [3.63, 3.8) is 0 Å². The average Bonchev–Trinajstić information content (AvgIpc) is 3.16. The molecule has 50 heavy (non-hydrogen) atoms. The lowest BCUT2D eigenvalue weighted by atomic mass is 10.0. The topological polar surface area (TPSA) is 139 Å². The minimum absolute atomic E-state index is 0.00433. The van der Waals surface area contributed by atoms with Crippen molar-refractivity contribution in [2.45, 2.75) is 51.4 Å². The van der Waals surface area contributed by atoms with E-state index >= 15 is 0 Å². The third-order valence-corrected chi connectivity index (χ3v) is 9.42. The van der Waals surface area contributed by atoms with Gasteiger partial charge in [0.25, 0.3) is 0 Å². The summed E-state index contributed by atoms with van der Waals surface area (Å²) in [5, 5.41) is 10.1. The number of benzene rings is 3. The van der Waals surface area contributed by atoms with Crippen molar-refractivity contribution < 1.29 is 23.9 Å². The van der Waals surface area contributed by atoms with Crippen LogP contribution < -0.4 is 16.1 Å². The predicted molar refractivity (Wildman–Crippen MR) is 191 cm³/mol. The van der Waals surface area contributed by atoms with Crippen LogP contribution >= 0.6 is 0 Å². The summed E-state index contributed by atoms with van der Waals surface area (Å²) >= 11 is 0. The summed E-state index contributed by atoms with van der Waals surface area (Å²) < 4.78 is 5.49. The number of nitrogens with one attached hydrogen (secondary N) is 3. The molecule has 1 unspecified atom stereocenters. The first-order valence-corrected chi connectivity index (χ1v) is 17.2. The Balaban J connectivity index is 1.06. The molecule has 3 aliphatic rings. The van der Waals surface area contributed by atoms with Gasteiger partial charge in [0, 0.05) is 70.2 Å². The summed E-state index contributed by atoms with van der Waals surface area (Å²) in [6.45, 7) is 4.79. The first-order chi connectivity index (χ1) is 24.4. The van der Waals surface area contributed by atoms with Crippen molar-refractivity contribution in [1.82, 2.24) is 24.9 Å². The lowest BCUT2D eigenvalue weighted by Gasteiger charge is -2.41. The second kappa shape index (κ2) is 16.2. The molecule has 0 bridgehead atoms. The number of rotatable bonds is 9.